The number of aryl methyl sites for hydroxylation is 1. The van der Waals surface area contributed by atoms with E-state index < -0.39 is 18.5 Å². The molecule has 0 unspecified atom stereocenters. The van der Waals surface area contributed by atoms with Crippen molar-refractivity contribution in [3.05, 3.63) is 64.4 Å². The van der Waals surface area contributed by atoms with Crippen molar-refractivity contribution in [2.45, 2.75) is 13.5 Å². The number of halogens is 1. The molecule has 1 aromatic heterocycles. The standard InChI is InChI=1S/C20H18ClNO5/c1-12-16-9-15(25-2)6-7-17(16)27-19(12)20(24)26-11-18(23)22-10-13-4-3-5-14(21)8-13/h3-9H,10-11H2,1-2H3,(H,22,23). The molecular formula is C20H18ClNO5. The minimum absolute atomic E-state index is 0.0703. The lowest BCUT2D eigenvalue weighted by Crippen LogP contribution is -2.28. The van der Waals surface area contributed by atoms with Crippen molar-refractivity contribution in [2.75, 3.05) is 13.7 Å². The van der Waals surface area contributed by atoms with Crippen molar-refractivity contribution < 1.29 is 23.5 Å². The van der Waals surface area contributed by atoms with Gasteiger partial charge in [-0.2, -0.15) is 0 Å². The Morgan fingerprint density at radius 1 is 1.19 bits per heavy atom. The van der Waals surface area contributed by atoms with Gasteiger partial charge in [-0.25, -0.2) is 4.79 Å². The van der Waals surface area contributed by atoms with Crippen LogP contribution < -0.4 is 10.1 Å². The molecule has 1 heterocycles. The average Bonchev–Trinajstić information content (AvgIpc) is 3.00. The minimum Gasteiger partial charge on any atom is -0.497 e. The van der Waals surface area contributed by atoms with Crippen molar-refractivity contribution in [2.24, 2.45) is 0 Å². The van der Waals surface area contributed by atoms with E-state index in [1.165, 1.54) is 0 Å². The number of hydrogen-bond acceptors (Lipinski definition) is 5. The summed E-state index contributed by atoms with van der Waals surface area (Å²) in [4.78, 5) is 24.2. The summed E-state index contributed by atoms with van der Waals surface area (Å²) in [5, 5.41) is 4.01. The van der Waals surface area contributed by atoms with E-state index in [0.717, 1.165) is 10.9 Å². The Morgan fingerprint density at radius 2 is 2.00 bits per heavy atom. The monoisotopic (exact) mass is 387 g/mol. The summed E-state index contributed by atoms with van der Waals surface area (Å²) in [7, 11) is 1.56. The number of benzene rings is 2. The fraction of sp³-hybridized carbons (Fsp3) is 0.200. The molecule has 0 aliphatic carbocycles. The molecule has 0 aliphatic rings. The molecule has 0 radical (unpaired) electrons. The smallest absolute Gasteiger partial charge is 0.375 e. The molecule has 6 nitrogen and oxygen atoms in total. The third kappa shape index (κ3) is 4.41. The van der Waals surface area contributed by atoms with E-state index in [1.54, 1.807) is 50.4 Å². The van der Waals surface area contributed by atoms with Crippen LogP contribution in [0.5, 0.6) is 5.75 Å². The lowest BCUT2D eigenvalue weighted by Gasteiger charge is -2.06. The molecule has 140 valence electrons. The number of nitrogens with one attached hydrogen (secondary N) is 1. The quantitative estimate of drug-likeness (QED) is 0.649. The first-order valence-corrected chi connectivity index (χ1v) is 8.61. The number of carbonyl (C=O) groups excluding carboxylic acids is 2. The lowest BCUT2D eigenvalue weighted by molar-refractivity contribution is -0.124. The summed E-state index contributed by atoms with van der Waals surface area (Å²) >= 11 is 5.90. The van der Waals surface area contributed by atoms with Crippen molar-refractivity contribution in [3.63, 3.8) is 0 Å². The highest BCUT2D eigenvalue weighted by Gasteiger charge is 2.20. The third-order valence-electron chi connectivity index (χ3n) is 4.04. The summed E-state index contributed by atoms with van der Waals surface area (Å²) < 4.78 is 15.8. The highest BCUT2D eigenvalue weighted by atomic mass is 35.5. The molecule has 1 amide bonds. The van der Waals surface area contributed by atoms with Crippen LogP contribution in [0.1, 0.15) is 21.7 Å². The molecule has 0 bridgehead atoms. The number of fused-ring (bicyclic) bond motifs is 1. The Morgan fingerprint density at radius 3 is 2.74 bits per heavy atom. The predicted molar refractivity (Wildman–Crippen MR) is 101 cm³/mol. The Kier molecular flexibility index (Phi) is 5.66. The normalized spacial score (nSPS) is 10.6. The SMILES string of the molecule is COc1ccc2oc(C(=O)OCC(=O)NCc3cccc(Cl)c3)c(C)c2c1. The molecule has 3 aromatic rings. The summed E-state index contributed by atoms with van der Waals surface area (Å²) in [5.74, 6) is -0.382. The van der Waals surface area contributed by atoms with Gasteiger partial charge in [0.2, 0.25) is 5.76 Å². The van der Waals surface area contributed by atoms with E-state index in [4.69, 9.17) is 25.5 Å². The van der Waals surface area contributed by atoms with Crippen LogP contribution in [0.25, 0.3) is 11.0 Å². The first kappa shape index (κ1) is 18.8. The maximum atomic E-state index is 12.3. The maximum Gasteiger partial charge on any atom is 0.375 e. The molecule has 7 heteroatoms. The second kappa shape index (κ2) is 8.14. The zero-order valence-electron chi connectivity index (χ0n) is 14.9. The fourth-order valence-electron chi connectivity index (χ4n) is 2.62. The summed E-state index contributed by atoms with van der Waals surface area (Å²) in [6.07, 6.45) is 0. The van der Waals surface area contributed by atoms with E-state index in [2.05, 4.69) is 5.32 Å². The molecule has 2 aromatic carbocycles. The van der Waals surface area contributed by atoms with E-state index in [1.807, 2.05) is 6.07 Å². The largest absolute Gasteiger partial charge is 0.497 e. The Hall–Kier alpha value is -2.99. The lowest BCUT2D eigenvalue weighted by atomic mass is 10.1. The molecule has 27 heavy (non-hydrogen) atoms. The van der Waals surface area contributed by atoms with Gasteiger partial charge < -0.3 is 19.2 Å². The van der Waals surface area contributed by atoms with Crippen molar-refractivity contribution >= 4 is 34.4 Å². The highest BCUT2D eigenvalue weighted by molar-refractivity contribution is 6.30. The Bertz CT molecular complexity index is 995. The number of esters is 1. The van der Waals surface area contributed by atoms with Crippen molar-refractivity contribution in [1.29, 1.82) is 0 Å². The first-order chi connectivity index (χ1) is 13.0. The van der Waals surface area contributed by atoms with Gasteiger partial charge in [0.25, 0.3) is 5.91 Å². The van der Waals surface area contributed by atoms with Crippen LogP contribution in [0.4, 0.5) is 0 Å². The maximum absolute atomic E-state index is 12.3. The van der Waals surface area contributed by atoms with E-state index in [0.29, 0.717) is 28.5 Å². The number of rotatable bonds is 6. The van der Waals surface area contributed by atoms with Crippen LogP contribution in [0.3, 0.4) is 0 Å². The van der Waals surface area contributed by atoms with Gasteiger partial charge in [-0.3, -0.25) is 4.79 Å². The topological polar surface area (TPSA) is 77.8 Å². The summed E-state index contributed by atoms with van der Waals surface area (Å²) in [6.45, 7) is 1.64. The van der Waals surface area contributed by atoms with Gasteiger partial charge in [0.1, 0.15) is 11.3 Å². The molecule has 3 rings (SSSR count). The number of ether oxygens (including phenoxy) is 2. The first-order valence-electron chi connectivity index (χ1n) is 8.23. The minimum atomic E-state index is -0.694. The predicted octanol–water partition coefficient (Wildman–Crippen LogP) is 3.88. The second-order valence-corrected chi connectivity index (χ2v) is 6.34. The second-order valence-electron chi connectivity index (χ2n) is 5.90. The van der Waals surface area contributed by atoms with E-state index >= 15 is 0 Å². The average molecular weight is 388 g/mol. The van der Waals surface area contributed by atoms with E-state index in [9.17, 15) is 9.59 Å². The van der Waals surface area contributed by atoms with Crippen LogP contribution in [0.2, 0.25) is 5.02 Å². The fourth-order valence-corrected chi connectivity index (χ4v) is 2.83. The molecule has 0 saturated carbocycles. The Labute approximate surface area is 161 Å². The van der Waals surface area contributed by atoms with Crippen LogP contribution in [0.15, 0.2) is 46.9 Å². The molecule has 0 fully saturated rings. The van der Waals surface area contributed by atoms with Gasteiger partial charge >= 0.3 is 5.97 Å². The van der Waals surface area contributed by atoms with Gasteiger partial charge in [0.05, 0.1) is 7.11 Å². The van der Waals surface area contributed by atoms with Gasteiger partial charge in [-0.15, -0.1) is 0 Å². The molecule has 0 aliphatic heterocycles. The molecule has 0 spiro atoms. The summed E-state index contributed by atoms with van der Waals surface area (Å²) in [5.41, 5.74) is 2.03. The van der Waals surface area contributed by atoms with Gasteiger partial charge in [-0.1, -0.05) is 23.7 Å². The number of furan rings is 1. The third-order valence-corrected chi connectivity index (χ3v) is 4.28. The van der Waals surface area contributed by atoms with Gasteiger partial charge in [0, 0.05) is 22.5 Å². The van der Waals surface area contributed by atoms with E-state index in [-0.39, 0.29) is 5.76 Å². The van der Waals surface area contributed by atoms with Crippen molar-refractivity contribution in [1.82, 2.24) is 5.32 Å². The van der Waals surface area contributed by atoms with Crippen LogP contribution in [-0.4, -0.2) is 25.6 Å². The number of carbonyl (C=O) groups is 2. The van der Waals surface area contributed by atoms with Crippen LogP contribution in [0, 0.1) is 6.92 Å². The summed E-state index contributed by atoms with van der Waals surface area (Å²) in [6, 6.07) is 12.4. The van der Waals surface area contributed by atoms with Gasteiger partial charge in [-0.05, 0) is 42.8 Å². The highest BCUT2D eigenvalue weighted by Crippen LogP contribution is 2.29. The zero-order chi connectivity index (χ0) is 19.4. The van der Waals surface area contributed by atoms with Crippen LogP contribution >= 0.6 is 11.6 Å². The zero-order valence-corrected chi connectivity index (χ0v) is 15.6. The molecule has 0 atom stereocenters. The van der Waals surface area contributed by atoms with Crippen molar-refractivity contribution in [3.8, 4) is 5.75 Å². The molecule has 0 saturated heterocycles. The number of methoxy groups -OCH3 is 1. The Balaban J connectivity index is 1.59. The van der Waals surface area contributed by atoms with Crippen LogP contribution in [-0.2, 0) is 16.1 Å². The molecule has 1 N–H and O–H groups in total. The number of hydrogen-bond donors (Lipinski definition) is 1. The van der Waals surface area contributed by atoms with Gasteiger partial charge in [0.15, 0.2) is 6.61 Å². The molecular weight excluding hydrogens is 370 g/mol. The number of amides is 1.